The molecule has 0 fully saturated rings. The van der Waals surface area contributed by atoms with E-state index >= 15 is 0 Å². The predicted octanol–water partition coefficient (Wildman–Crippen LogP) is 1.68. The fraction of sp³-hybridized carbons (Fsp3) is 0.727. The first-order chi connectivity index (χ1) is 8.64. The van der Waals surface area contributed by atoms with Crippen LogP contribution in [0.3, 0.4) is 0 Å². The van der Waals surface area contributed by atoms with E-state index in [0.29, 0.717) is 6.42 Å². The first kappa shape index (κ1) is 20.6. The molecular formula is C11H23O7P. The van der Waals surface area contributed by atoms with Crippen molar-refractivity contribution in [1.29, 1.82) is 0 Å². The summed E-state index contributed by atoms with van der Waals surface area (Å²) in [6.07, 6.45) is 2.54. The van der Waals surface area contributed by atoms with Crippen LogP contribution in [0.4, 0.5) is 0 Å². The summed E-state index contributed by atoms with van der Waals surface area (Å²) in [6, 6.07) is 0. The minimum atomic E-state index is -4.45. The van der Waals surface area contributed by atoms with Crippen LogP contribution in [0.2, 0.25) is 0 Å². The van der Waals surface area contributed by atoms with Gasteiger partial charge in [0.1, 0.15) is 0 Å². The summed E-state index contributed by atoms with van der Waals surface area (Å²) >= 11 is 0. The molecule has 19 heavy (non-hydrogen) atoms. The minimum Gasteiger partial charge on any atom is -0.478 e. The minimum absolute atomic E-state index is 0.176. The molecule has 0 amide bonds. The largest absolute Gasteiger partial charge is 0.478 e. The van der Waals surface area contributed by atoms with Gasteiger partial charge in [0.2, 0.25) is 0 Å². The van der Waals surface area contributed by atoms with Crippen LogP contribution in [-0.2, 0) is 13.9 Å². The van der Waals surface area contributed by atoms with Gasteiger partial charge in [-0.2, -0.15) is 0 Å². The number of aliphatic carboxylic acids is 1. The molecule has 0 aromatic carbocycles. The Kier molecular flexibility index (Phi) is 12.1. The zero-order chi connectivity index (χ0) is 15.5. The Bertz CT molecular complexity index is 298. The molecule has 0 aliphatic rings. The Morgan fingerprint density at radius 2 is 1.84 bits per heavy atom. The van der Waals surface area contributed by atoms with Crippen molar-refractivity contribution < 1.29 is 33.9 Å². The first-order valence-corrected chi connectivity index (χ1v) is 7.40. The number of phosphoric acid groups is 1. The molecule has 0 bridgehead atoms. The van der Waals surface area contributed by atoms with E-state index in [1.165, 1.54) is 6.92 Å². The number of hydrogen-bond donors (Lipinski definition) is 4. The number of carboxylic acid groups (broad SMARTS) is 1. The lowest BCUT2D eigenvalue weighted by molar-refractivity contribution is -0.132. The standard InChI is InChI=1S/C7H17O5P.C4H6O2/c1-2-3-4-5-7(6-8)12-13(9,10)11;1-3(2)4(5)6/h7-8H,2-6H2,1H3,(H2,9,10,11);1H2,2H3,(H,5,6). The zero-order valence-corrected chi connectivity index (χ0v) is 12.2. The fourth-order valence-electron chi connectivity index (χ4n) is 0.994. The maximum absolute atomic E-state index is 10.4. The first-order valence-electron chi connectivity index (χ1n) is 5.87. The Labute approximate surface area is 113 Å². The Balaban J connectivity index is 0. The molecule has 0 aromatic heterocycles. The molecule has 0 spiro atoms. The highest BCUT2D eigenvalue weighted by atomic mass is 31.2. The molecule has 0 heterocycles. The molecule has 1 unspecified atom stereocenters. The Morgan fingerprint density at radius 3 is 2.11 bits per heavy atom. The third-order valence-corrected chi connectivity index (χ3v) is 2.56. The van der Waals surface area contributed by atoms with Gasteiger partial charge in [-0.25, -0.2) is 9.36 Å². The van der Waals surface area contributed by atoms with Gasteiger partial charge in [-0.15, -0.1) is 0 Å². The summed E-state index contributed by atoms with van der Waals surface area (Å²) in [4.78, 5) is 26.5. The van der Waals surface area contributed by atoms with Crippen molar-refractivity contribution in [1.82, 2.24) is 0 Å². The molecular weight excluding hydrogens is 275 g/mol. The number of aliphatic hydroxyl groups excluding tert-OH is 1. The van der Waals surface area contributed by atoms with E-state index in [-0.39, 0.29) is 12.2 Å². The van der Waals surface area contributed by atoms with Gasteiger partial charge in [-0.05, 0) is 13.3 Å². The molecule has 0 rings (SSSR count). The highest BCUT2D eigenvalue weighted by molar-refractivity contribution is 7.46. The molecule has 4 N–H and O–H groups in total. The molecule has 0 aliphatic carbocycles. The summed E-state index contributed by atoms with van der Waals surface area (Å²) in [6.45, 7) is 6.28. The van der Waals surface area contributed by atoms with Gasteiger partial charge < -0.3 is 20.0 Å². The third-order valence-electron chi connectivity index (χ3n) is 1.98. The van der Waals surface area contributed by atoms with E-state index in [1.54, 1.807) is 0 Å². The zero-order valence-electron chi connectivity index (χ0n) is 11.3. The van der Waals surface area contributed by atoms with E-state index in [0.717, 1.165) is 19.3 Å². The second-order valence-corrected chi connectivity index (χ2v) is 5.17. The lowest BCUT2D eigenvalue weighted by Gasteiger charge is -2.15. The van der Waals surface area contributed by atoms with Crippen molar-refractivity contribution in [2.24, 2.45) is 0 Å². The molecule has 0 aromatic rings. The van der Waals surface area contributed by atoms with Crippen LogP contribution in [0.25, 0.3) is 0 Å². The van der Waals surface area contributed by atoms with Crippen LogP contribution in [0, 0.1) is 0 Å². The predicted molar refractivity (Wildman–Crippen MR) is 70.6 cm³/mol. The van der Waals surface area contributed by atoms with Gasteiger partial charge in [0.15, 0.2) is 0 Å². The lowest BCUT2D eigenvalue weighted by Crippen LogP contribution is -2.16. The molecule has 8 heteroatoms. The van der Waals surface area contributed by atoms with Gasteiger partial charge in [0.25, 0.3) is 0 Å². The van der Waals surface area contributed by atoms with Crippen LogP contribution in [0.1, 0.15) is 39.5 Å². The molecule has 0 radical (unpaired) electrons. The summed E-state index contributed by atoms with van der Waals surface area (Å²) in [7, 11) is -4.45. The summed E-state index contributed by atoms with van der Waals surface area (Å²) in [5.41, 5.74) is 0.176. The fourth-order valence-corrected chi connectivity index (χ4v) is 1.55. The summed E-state index contributed by atoms with van der Waals surface area (Å²) < 4.78 is 14.7. The lowest BCUT2D eigenvalue weighted by atomic mass is 10.1. The topological polar surface area (TPSA) is 124 Å². The average Bonchev–Trinajstić information content (AvgIpc) is 2.27. The number of aliphatic hydroxyl groups is 1. The molecule has 1 atom stereocenters. The Hall–Kier alpha value is -0.720. The molecule has 0 aliphatic heterocycles. The molecule has 0 saturated heterocycles. The van der Waals surface area contributed by atoms with Crippen LogP contribution in [0.5, 0.6) is 0 Å². The number of hydrogen-bond acceptors (Lipinski definition) is 4. The van der Waals surface area contributed by atoms with Crippen molar-refractivity contribution in [3.05, 3.63) is 12.2 Å². The smallest absolute Gasteiger partial charge is 0.469 e. The van der Waals surface area contributed by atoms with Crippen LogP contribution in [0.15, 0.2) is 12.2 Å². The second kappa shape index (κ2) is 11.1. The normalized spacial score (nSPS) is 12.3. The van der Waals surface area contributed by atoms with Gasteiger partial charge in [0.05, 0.1) is 12.7 Å². The van der Waals surface area contributed by atoms with E-state index in [1.807, 2.05) is 6.92 Å². The quantitative estimate of drug-likeness (QED) is 0.305. The van der Waals surface area contributed by atoms with Crippen molar-refractivity contribution >= 4 is 13.8 Å². The maximum atomic E-state index is 10.4. The number of phosphoric ester groups is 1. The average molecular weight is 298 g/mol. The van der Waals surface area contributed by atoms with Crippen LogP contribution < -0.4 is 0 Å². The van der Waals surface area contributed by atoms with Gasteiger partial charge >= 0.3 is 13.8 Å². The van der Waals surface area contributed by atoms with Crippen LogP contribution >= 0.6 is 7.82 Å². The Morgan fingerprint density at radius 1 is 1.37 bits per heavy atom. The third kappa shape index (κ3) is 17.3. The summed E-state index contributed by atoms with van der Waals surface area (Å²) in [5, 5.41) is 16.6. The number of carboxylic acids is 1. The molecule has 114 valence electrons. The van der Waals surface area contributed by atoms with E-state index < -0.39 is 19.9 Å². The SMILES string of the molecule is C=C(C)C(=O)O.CCCCCC(CO)OP(=O)(O)O. The highest BCUT2D eigenvalue weighted by Gasteiger charge is 2.20. The maximum Gasteiger partial charge on any atom is 0.469 e. The molecule has 7 nitrogen and oxygen atoms in total. The van der Waals surface area contributed by atoms with Gasteiger partial charge in [-0.1, -0.05) is 32.8 Å². The highest BCUT2D eigenvalue weighted by Crippen LogP contribution is 2.38. The van der Waals surface area contributed by atoms with Crippen LogP contribution in [-0.4, -0.2) is 38.7 Å². The van der Waals surface area contributed by atoms with Gasteiger partial charge in [-0.3, -0.25) is 4.52 Å². The second-order valence-electron chi connectivity index (χ2n) is 3.98. The van der Waals surface area contributed by atoms with Crippen molar-refractivity contribution in [3.63, 3.8) is 0 Å². The number of rotatable bonds is 8. The van der Waals surface area contributed by atoms with Gasteiger partial charge in [0, 0.05) is 5.57 Å². The monoisotopic (exact) mass is 298 g/mol. The van der Waals surface area contributed by atoms with Crippen molar-refractivity contribution in [3.8, 4) is 0 Å². The number of unbranched alkanes of at least 4 members (excludes halogenated alkanes) is 2. The van der Waals surface area contributed by atoms with E-state index in [4.69, 9.17) is 20.0 Å². The number of carbonyl (C=O) groups is 1. The molecule has 0 saturated carbocycles. The van der Waals surface area contributed by atoms with Crippen molar-refractivity contribution in [2.45, 2.75) is 45.6 Å². The van der Waals surface area contributed by atoms with E-state index in [2.05, 4.69) is 11.1 Å². The van der Waals surface area contributed by atoms with Crippen molar-refractivity contribution in [2.75, 3.05) is 6.61 Å². The summed E-state index contributed by atoms with van der Waals surface area (Å²) in [5.74, 6) is -0.935. The van der Waals surface area contributed by atoms with E-state index in [9.17, 15) is 9.36 Å².